The minimum absolute atomic E-state index is 0.178. The Morgan fingerprint density at radius 1 is 0.815 bits per heavy atom. The third-order valence-electron chi connectivity index (χ3n) is 8.99. The first-order chi connectivity index (χ1) is 13.3. The van der Waals surface area contributed by atoms with Crippen LogP contribution in [-0.4, -0.2) is 35.9 Å². The second-order valence-electron chi connectivity index (χ2n) is 10.5. The van der Waals surface area contributed by atoms with Crippen molar-refractivity contribution in [3.05, 3.63) is 0 Å². The molecule has 4 saturated carbocycles. The van der Waals surface area contributed by atoms with Crippen molar-refractivity contribution in [2.75, 3.05) is 6.61 Å². The standard InChI is InChI=1S/C23H40N2O2/c26-22-13-20-15(12-16(22)14-27-25-17-6-2-1-3-7-17)10-11-19-18-8-4-5-9-21(18)24-23(19)20/h15-26H,1-14H2. The lowest BCUT2D eigenvalue weighted by atomic mass is 9.60. The van der Waals surface area contributed by atoms with Crippen LogP contribution in [0.1, 0.15) is 83.5 Å². The van der Waals surface area contributed by atoms with E-state index in [2.05, 4.69) is 10.8 Å². The van der Waals surface area contributed by atoms with E-state index in [1.54, 1.807) is 0 Å². The molecule has 1 saturated heterocycles. The van der Waals surface area contributed by atoms with Gasteiger partial charge in [-0.25, -0.2) is 0 Å². The molecule has 0 aromatic heterocycles. The Morgan fingerprint density at radius 3 is 2.52 bits per heavy atom. The van der Waals surface area contributed by atoms with Crippen LogP contribution in [0.15, 0.2) is 0 Å². The highest BCUT2D eigenvalue weighted by molar-refractivity contribution is 5.07. The summed E-state index contributed by atoms with van der Waals surface area (Å²) in [5, 5.41) is 14.9. The normalized spacial score (nSPS) is 47.9. The zero-order valence-corrected chi connectivity index (χ0v) is 17.0. The van der Waals surface area contributed by atoms with Crippen molar-refractivity contribution < 1.29 is 9.94 Å². The molecule has 5 rings (SSSR count). The quantitative estimate of drug-likeness (QED) is 0.654. The first-order valence-electron chi connectivity index (χ1n) is 12.1. The summed E-state index contributed by atoms with van der Waals surface area (Å²) >= 11 is 0. The van der Waals surface area contributed by atoms with Gasteiger partial charge in [-0.3, -0.25) is 0 Å². The third-order valence-corrected chi connectivity index (χ3v) is 8.99. The largest absolute Gasteiger partial charge is 0.393 e. The van der Waals surface area contributed by atoms with E-state index in [9.17, 15) is 5.11 Å². The number of aliphatic hydroxyl groups is 1. The number of fused-ring (bicyclic) bond motifs is 5. The molecule has 0 amide bonds. The fourth-order valence-corrected chi connectivity index (χ4v) is 7.59. The number of hydrogen-bond acceptors (Lipinski definition) is 4. The van der Waals surface area contributed by atoms with E-state index in [-0.39, 0.29) is 6.10 Å². The van der Waals surface area contributed by atoms with Crippen LogP contribution in [0.4, 0.5) is 0 Å². The minimum Gasteiger partial charge on any atom is -0.393 e. The van der Waals surface area contributed by atoms with E-state index >= 15 is 0 Å². The van der Waals surface area contributed by atoms with E-state index in [0.717, 1.165) is 30.2 Å². The predicted molar refractivity (Wildman–Crippen MR) is 107 cm³/mol. The van der Waals surface area contributed by atoms with Crippen molar-refractivity contribution in [1.29, 1.82) is 0 Å². The third kappa shape index (κ3) is 3.84. The summed E-state index contributed by atoms with van der Waals surface area (Å²) in [6.45, 7) is 0.688. The highest BCUT2D eigenvalue weighted by atomic mass is 16.6. The first kappa shape index (κ1) is 18.8. The van der Waals surface area contributed by atoms with Crippen molar-refractivity contribution in [3.63, 3.8) is 0 Å². The summed E-state index contributed by atoms with van der Waals surface area (Å²) in [5.41, 5.74) is 3.31. The molecule has 27 heavy (non-hydrogen) atoms. The van der Waals surface area contributed by atoms with Crippen LogP contribution in [0, 0.1) is 29.6 Å². The average molecular weight is 377 g/mol. The molecule has 0 bridgehead atoms. The molecule has 8 unspecified atom stereocenters. The zero-order valence-electron chi connectivity index (χ0n) is 17.0. The maximum Gasteiger partial charge on any atom is 0.0735 e. The van der Waals surface area contributed by atoms with Gasteiger partial charge in [-0.1, -0.05) is 32.1 Å². The lowest BCUT2D eigenvalue weighted by Gasteiger charge is -2.47. The summed E-state index contributed by atoms with van der Waals surface area (Å²) in [5.74, 6) is 3.65. The lowest BCUT2D eigenvalue weighted by Crippen LogP contribution is -2.50. The predicted octanol–water partition coefficient (Wildman–Crippen LogP) is 3.78. The Morgan fingerprint density at radius 2 is 1.63 bits per heavy atom. The SMILES string of the molecule is OC1CC2C(CCC3C4CCCCC4NC23)CC1CONC1CCCCC1. The molecule has 1 heterocycles. The molecular formula is C23H40N2O2. The zero-order chi connectivity index (χ0) is 18.2. The van der Waals surface area contributed by atoms with Gasteiger partial charge in [0.25, 0.3) is 0 Å². The molecule has 5 aliphatic rings. The van der Waals surface area contributed by atoms with Crippen molar-refractivity contribution in [3.8, 4) is 0 Å². The van der Waals surface area contributed by atoms with Crippen molar-refractivity contribution in [2.24, 2.45) is 29.6 Å². The smallest absolute Gasteiger partial charge is 0.0735 e. The van der Waals surface area contributed by atoms with Crippen LogP contribution >= 0.6 is 0 Å². The number of nitrogens with one attached hydrogen (secondary N) is 2. The van der Waals surface area contributed by atoms with Crippen molar-refractivity contribution >= 4 is 0 Å². The molecular weight excluding hydrogens is 336 g/mol. The molecule has 5 fully saturated rings. The maximum absolute atomic E-state index is 10.9. The summed E-state index contributed by atoms with van der Waals surface area (Å²) in [6, 6.07) is 2.01. The highest BCUT2D eigenvalue weighted by Gasteiger charge is 2.52. The van der Waals surface area contributed by atoms with Crippen LogP contribution in [0.3, 0.4) is 0 Å². The summed E-state index contributed by atoms with van der Waals surface area (Å²) in [4.78, 5) is 5.90. The molecule has 0 aromatic carbocycles. The van der Waals surface area contributed by atoms with Gasteiger partial charge >= 0.3 is 0 Å². The second-order valence-corrected chi connectivity index (χ2v) is 10.5. The Balaban J connectivity index is 1.15. The molecule has 4 nitrogen and oxygen atoms in total. The fraction of sp³-hybridized carbons (Fsp3) is 1.00. The molecule has 1 aliphatic heterocycles. The Hall–Kier alpha value is -0.160. The van der Waals surface area contributed by atoms with E-state index in [1.165, 1.54) is 77.0 Å². The van der Waals surface area contributed by atoms with Crippen LogP contribution in [0.5, 0.6) is 0 Å². The van der Waals surface area contributed by atoms with Gasteiger partial charge in [-0.05, 0) is 75.0 Å². The Kier molecular flexibility index (Phi) is 5.79. The Labute approximate surface area is 165 Å². The van der Waals surface area contributed by atoms with Gasteiger partial charge in [-0.15, -0.1) is 0 Å². The van der Waals surface area contributed by atoms with Crippen LogP contribution in [0.2, 0.25) is 0 Å². The van der Waals surface area contributed by atoms with E-state index in [1.807, 2.05) is 0 Å². The molecule has 0 spiro atoms. The molecule has 0 radical (unpaired) electrons. The van der Waals surface area contributed by atoms with Crippen LogP contribution in [0.25, 0.3) is 0 Å². The van der Waals surface area contributed by atoms with Gasteiger partial charge in [0.05, 0.1) is 12.7 Å². The lowest BCUT2D eigenvalue weighted by molar-refractivity contribution is -0.0817. The number of hydroxylamine groups is 1. The first-order valence-corrected chi connectivity index (χ1v) is 12.1. The number of hydrogen-bond donors (Lipinski definition) is 3. The van der Waals surface area contributed by atoms with E-state index < -0.39 is 0 Å². The Bertz CT molecular complexity index is 495. The van der Waals surface area contributed by atoms with Crippen LogP contribution < -0.4 is 10.8 Å². The number of aliphatic hydroxyl groups excluding tert-OH is 1. The second kappa shape index (κ2) is 8.30. The molecule has 4 heteroatoms. The van der Waals surface area contributed by atoms with Gasteiger partial charge in [0, 0.05) is 24.0 Å². The van der Waals surface area contributed by atoms with Crippen molar-refractivity contribution in [1.82, 2.24) is 10.8 Å². The molecule has 154 valence electrons. The molecule has 0 aromatic rings. The monoisotopic (exact) mass is 376 g/mol. The number of rotatable bonds is 4. The topological polar surface area (TPSA) is 53.5 Å². The summed E-state index contributed by atoms with van der Waals surface area (Å²) in [7, 11) is 0. The molecule has 8 atom stereocenters. The maximum atomic E-state index is 10.9. The van der Waals surface area contributed by atoms with Crippen molar-refractivity contribution in [2.45, 2.75) is 108 Å². The van der Waals surface area contributed by atoms with Crippen LogP contribution in [-0.2, 0) is 4.84 Å². The summed E-state index contributed by atoms with van der Waals surface area (Å²) in [6.07, 6.45) is 17.0. The van der Waals surface area contributed by atoms with Gasteiger partial charge in [0.15, 0.2) is 0 Å². The highest BCUT2D eigenvalue weighted by Crippen LogP contribution is 2.52. The molecule has 4 aliphatic carbocycles. The van der Waals surface area contributed by atoms with E-state index in [4.69, 9.17) is 4.84 Å². The fourth-order valence-electron chi connectivity index (χ4n) is 7.59. The van der Waals surface area contributed by atoms with Gasteiger partial charge in [0.1, 0.15) is 0 Å². The van der Waals surface area contributed by atoms with Gasteiger partial charge < -0.3 is 15.3 Å². The molecule has 3 N–H and O–H groups in total. The van der Waals surface area contributed by atoms with Gasteiger partial charge in [-0.2, -0.15) is 5.48 Å². The summed E-state index contributed by atoms with van der Waals surface area (Å²) < 4.78 is 0. The average Bonchev–Trinajstić information content (AvgIpc) is 3.08. The minimum atomic E-state index is -0.178. The van der Waals surface area contributed by atoms with Gasteiger partial charge in [0.2, 0.25) is 0 Å². The van der Waals surface area contributed by atoms with E-state index in [0.29, 0.717) is 30.5 Å².